The van der Waals surface area contributed by atoms with Crippen LogP contribution >= 0.6 is 11.6 Å². The van der Waals surface area contributed by atoms with E-state index in [1.165, 1.54) is 0 Å². The second-order valence-corrected chi connectivity index (χ2v) is 3.37. The van der Waals surface area contributed by atoms with Crippen molar-refractivity contribution in [3.05, 3.63) is 64.9 Å². The van der Waals surface area contributed by atoms with Gasteiger partial charge in [-0.25, -0.2) is 4.98 Å². The molecule has 0 atom stereocenters. The van der Waals surface area contributed by atoms with E-state index in [2.05, 4.69) is 16.8 Å². The number of rotatable bonds is 0. The first-order chi connectivity index (χ1) is 8.34. The van der Waals surface area contributed by atoms with Crippen LogP contribution in [0.5, 0.6) is 0 Å². The Morgan fingerprint density at radius 2 is 1.59 bits per heavy atom. The van der Waals surface area contributed by atoms with Gasteiger partial charge in [0, 0.05) is 17.3 Å². The molecule has 0 saturated heterocycles. The maximum Gasteiger partial charge on any atom is 0.130 e. The van der Waals surface area contributed by atoms with Gasteiger partial charge in [0.05, 0.1) is 0 Å². The van der Waals surface area contributed by atoms with Gasteiger partial charge in [0.15, 0.2) is 0 Å². The van der Waals surface area contributed by atoms with Crippen LogP contribution in [0.3, 0.4) is 0 Å². The summed E-state index contributed by atoms with van der Waals surface area (Å²) in [6.45, 7) is 4.00. The lowest BCUT2D eigenvalue weighted by atomic mass is 10.2. The van der Waals surface area contributed by atoms with Crippen LogP contribution < -0.4 is 0 Å². The summed E-state index contributed by atoms with van der Waals surface area (Å²) in [5, 5.41) is 0.467. The van der Waals surface area contributed by atoms with Crippen LogP contribution in [0, 0.1) is 11.8 Å². The predicted molar refractivity (Wildman–Crippen MR) is 73.0 cm³/mol. The molecule has 1 aromatic heterocycles. The van der Waals surface area contributed by atoms with E-state index in [1.54, 1.807) is 12.3 Å². The Kier molecular flexibility index (Phi) is 5.85. The molecule has 0 bridgehead atoms. The Hall–Kier alpha value is -1.78. The first kappa shape index (κ1) is 13.3. The van der Waals surface area contributed by atoms with Crippen LogP contribution in [0.1, 0.15) is 25.0 Å². The lowest BCUT2D eigenvalue weighted by molar-refractivity contribution is 1.32. The van der Waals surface area contributed by atoms with E-state index in [0.29, 0.717) is 5.15 Å². The van der Waals surface area contributed by atoms with Crippen LogP contribution in [0.15, 0.2) is 48.7 Å². The summed E-state index contributed by atoms with van der Waals surface area (Å²) in [5.41, 5.74) is 1.87. The molecule has 2 rings (SSSR count). The summed E-state index contributed by atoms with van der Waals surface area (Å²) in [4.78, 5) is 3.89. The van der Waals surface area contributed by atoms with Crippen LogP contribution in [-0.2, 0) is 0 Å². The first-order valence-electron chi connectivity index (χ1n) is 5.53. The Labute approximate surface area is 107 Å². The van der Waals surface area contributed by atoms with Crippen molar-refractivity contribution in [2.45, 2.75) is 13.8 Å². The molecule has 0 aliphatic heterocycles. The van der Waals surface area contributed by atoms with Gasteiger partial charge in [0.25, 0.3) is 0 Å². The highest BCUT2D eigenvalue weighted by molar-refractivity contribution is 6.29. The number of hydrogen-bond acceptors (Lipinski definition) is 1. The second-order valence-electron chi connectivity index (χ2n) is 2.98. The maximum atomic E-state index is 5.75. The highest BCUT2D eigenvalue weighted by atomic mass is 35.5. The molecule has 0 radical (unpaired) electrons. The van der Waals surface area contributed by atoms with Gasteiger partial charge in [0.2, 0.25) is 0 Å². The van der Waals surface area contributed by atoms with Crippen molar-refractivity contribution in [2.75, 3.05) is 0 Å². The highest BCUT2D eigenvalue weighted by Crippen LogP contribution is 2.05. The molecule has 2 aromatic rings. The molecule has 0 aliphatic rings. The van der Waals surface area contributed by atoms with E-state index in [1.807, 2.05) is 50.2 Å². The molecule has 0 amide bonds. The SMILES string of the molecule is CC.Clc1cc(C#Cc2ccccc2)ccn1. The lowest BCUT2D eigenvalue weighted by Crippen LogP contribution is -1.78. The van der Waals surface area contributed by atoms with E-state index in [-0.39, 0.29) is 0 Å². The second kappa shape index (κ2) is 7.49. The van der Waals surface area contributed by atoms with Crippen LogP contribution in [0.2, 0.25) is 5.15 Å². The van der Waals surface area contributed by atoms with Crippen molar-refractivity contribution in [2.24, 2.45) is 0 Å². The fourth-order valence-electron chi connectivity index (χ4n) is 1.15. The third kappa shape index (κ3) is 4.72. The fraction of sp³-hybridized carbons (Fsp3) is 0.133. The monoisotopic (exact) mass is 243 g/mol. The third-order valence-electron chi connectivity index (χ3n) is 1.85. The lowest BCUT2D eigenvalue weighted by Gasteiger charge is -1.90. The Bertz CT molecular complexity index is 509. The average molecular weight is 244 g/mol. The van der Waals surface area contributed by atoms with E-state index < -0.39 is 0 Å². The number of pyridine rings is 1. The molecule has 86 valence electrons. The summed E-state index contributed by atoms with van der Waals surface area (Å²) in [6.07, 6.45) is 1.65. The van der Waals surface area contributed by atoms with Gasteiger partial charge in [-0.2, -0.15) is 0 Å². The molecule has 0 spiro atoms. The molecular formula is C15H14ClN. The third-order valence-corrected chi connectivity index (χ3v) is 2.06. The van der Waals surface area contributed by atoms with Crippen molar-refractivity contribution in [1.29, 1.82) is 0 Å². The number of benzene rings is 1. The molecule has 1 aromatic carbocycles. The van der Waals surface area contributed by atoms with Gasteiger partial charge in [-0.3, -0.25) is 0 Å². The van der Waals surface area contributed by atoms with Gasteiger partial charge in [0.1, 0.15) is 5.15 Å². The van der Waals surface area contributed by atoms with Crippen molar-refractivity contribution in [3.8, 4) is 11.8 Å². The zero-order chi connectivity index (χ0) is 12.5. The van der Waals surface area contributed by atoms with Crippen molar-refractivity contribution >= 4 is 11.6 Å². The smallest absolute Gasteiger partial charge is 0.130 e. The minimum absolute atomic E-state index is 0.467. The predicted octanol–water partition coefficient (Wildman–Crippen LogP) is 4.16. The van der Waals surface area contributed by atoms with E-state index in [0.717, 1.165) is 11.1 Å². The van der Waals surface area contributed by atoms with Gasteiger partial charge < -0.3 is 0 Å². The highest BCUT2D eigenvalue weighted by Gasteiger charge is 1.89. The Balaban J connectivity index is 0.000000686. The van der Waals surface area contributed by atoms with E-state index in [9.17, 15) is 0 Å². The average Bonchev–Trinajstić information content (AvgIpc) is 2.40. The summed E-state index contributed by atoms with van der Waals surface area (Å²) >= 11 is 5.75. The van der Waals surface area contributed by atoms with E-state index >= 15 is 0 Å². The molecule has 1 heterocycles. The molecule has 1 nitrogen and oxygen atoms in total. The van der Waals surface area contributed by atoms with Gasteiger partial charge in [-0.05, 0) is 24.3 Å². The zero-order valence-corrected chi connectivity index (χ0v) is 10.7. The van der Waals surface area contributed by atoms with Gasteiger partial charge in [-0.15, -0.1) is 0 Å². The number of nitrogens with zero attached hydrogens (tertiary/aromatic N) is 1. The molecule has 17 heavy (non-hydrogen) atoms. The van der Waals surface area contributed by atoms with Crippen LogP contribution in [0.25, 0.3) is 0 Å². The molecule has 0 N–H and O–H groups in total. The zero-order valence-electron chi connectivity index (χ0n) is 9.94. The number of halogens is 1. The Morgan fingerprint density at radius 3 is 2.24 bits per heavy atom. The summed E-state index contributed by atoms with van der Waals surface area (Å²) in [5.74, 6) is 6.08. The van der Waals surface area contributed by atoms with Crippen LogP contribution in [-0.4, -0.2) is 4.98 Å². The Morgan fingerprint density at radius 1 is 0.941 bits per heavy atom. The largest absolute Gasteiger partial charge is 0.244 e. The minimum atomic E-state index is 0.467. The minimum Gasteiger partial charge on any atom is -0.244 e. The van der Waals surface area contributed by atoms with Crippen molar-refractivity contribution < 1.29 is 0 Å². The molecule has 0 aliphatic carbocycles. The molecular weight excluding hydrogens is 230 g/mol. The van der Waals surface area contributed by atoms with Crippen LogP contribution in [0.4, 0.5) is 0 Å². The molecule has 0 unspecified atom stereocenters. The first-order valence-corrected chi connectivity index (χ1v) is 5.91. The number of aromatic nitrogens is 1. The van der Waals surface area contributed by atoms with Gasteiger partial charge in [-0.1, -0.05) is 55.5 Å². The molecule has 2 heteroatoms. The number of hydrogen-bond donors (Lipinski definition) is 0. The van der Waals surface area contributed by atoms with E-state index in [4.69, 9.17) is 11.6 Å². The van der Waals surface area contributed by atoms with Crippen molar-refractivity contribution in [1.82, 2.24) is 4.98 Å². The maximum absolute atomic E-state index is 5.75. The quantitative estimate of drug-likeness (QED) is 0.500. The normalized spacial score (nSPS) is 8.41. The standard InChI is InChI=1S/C13H8ClN.C2H6/c14-13-10-12(8-9-15-13)7-6-11-4-2-1-3-5-11;1-2/h1-5,8-10H;1-2H3. The summed E-state index contributed by atoms with van der Waals surface area (Å²) < 4.78 is 0. The molecule has 0 fully saturated rings. The summed E-state index contributed by atoms with van der Waals surface area (Å²) in [6, 6.07) is 13.4. The topological polar surface area (TPSA) is 12.9 Å². The van der Waals surface area contributed by atoms with Crippen molar-refractivity contribution in [3.63, 3.8) is 0 Å². The molecule has 0 saturated carbocycles. The summed E-state index contributed by atoms with van der Waals surface area (Å²) in [7, 11) is 0. The van der Waals surface area contributed by atoms with Gasteiger partial charge >= 0.3 is 0 Å². The fourth-order valence-corrected chi connectivity index (χ4v) is 1.32.